The van der Waals surface area contributed by atoms with Crippen LogP contribution in [0.3, 0.4) is 0 Å². The Morgan fingerprint density at radius 2 is 2.14 bits per heavy atom. The molecule has 0 spiro atoms. The second-order valence-corrected chi connectivity index (χ2v) is 4.65. The third-order valence-electron chi connectivity index (χ3n) is 2.59. The molecule has 14 heavy (non-hydrogen) atoms. The van der Waals surface area contributed by atoms with Crippen LogP contribution >= 0.6 is 0 Å². The van der Waals surface area contributed by atoms with Gasteiger partial charge in [-0.05, 0) is 25.2 Å². The monoisotopic (exact) mass is 198 g/mol. The van der Waals surface area contributed by atoms with Gasteiger partial charge in [0.25, 0.3) is 0 Å². The van der Waals surface area contributed by atoms with Crippen molar-refractivity contribution in [1.29, 1.82) is 0 Å². The van der Waals surface area contributed by atoms with Crippen LogP contribution in [0.1, 0.15) is 33.1 Å². The fraction of sp³-hybridized carbons (Fsp3) is 0.909. The highest BCUT2D eigenvalue weighted by atomic mass is 16.2. The standard InChI is InChI=1S/C11H22N2O/c1-9(2)6-7-13(3)11(14)8-12-10-4-5-10/h9-10,12H,4-8H2,1-3H3. The second-order valence-electron chi connectivity index (χ2n) is 4.65. The van der Waals surface area contributed by atoms with Gasteiger partial charge >= 0.3 is 0 Å². The van der Waals surface area contributed by atoms with Gasteiger partial charge in [-0.2, -0.15) is 0 Å². The van der Waals surface area contributed by atoms with Crippen LogP contribution in [0.4, 0.5) is 0 Å². The number of carbonyl (C=O) groups is 1. The van der Waals surface area contributed by atoms with Crippen LogP contribution in [0.2, 0.25) is 0 Å². The molecule has 0 unspecified atom stereocenters. The molecule has 0 saturated heterocycles. The molecular weight excluding hydrogens is 176 g/mol. The SMILES string of the molecule is CC(C)CCN(C)C(=O)CNC1CC1. The van der Waals surface area contributed by atoms with Crippen molar-refractivity contribution in [3.8, 4) is 0 Å². The van der Waals surface area contributed by atoms with E-state index in [0.29, 0.717) is 18.5 Å². The summed E-state index contributed by atoms with van der Waals surface area (Å²) in [5.74, 6) is 0.888. The van der Waals surface area contributed by atoms with Gasteiger partial charge in [-0.25, -0.2) is 0 Å². The molecule has 1 N–H and O–H groups in total. The van der Waals surface area contributed by atoms with E-state index in [1.54, 1.807) is 0 Å². The Morgan fingerprint density at radius 3 is 2.64 bits per heavy atom. The molecule has 1 saturated carbocycles. The van der Waals surface area contributed by atoms with Gasteiger partial charge in [-0.15, -0.1) is 0 Å². The molecule has 1 rings (SSSR count). The summed E-state index contributed by atoms with van der Waals surface area (Å²) in [6.07, 6.45) is 3.57. The molecule has 0 atom stereocenters. The van der Waals surface area contributed by atoms with Crippen LogP contribution in [-0.2, 0) is 4.79 Å². The third kappa shape index (κ3) is 4.61. The molecule has 1 fully saturated rings. The topological polar surface area (TPSA) is 32.3 Å². The number of nitrogens with one attached hydrogen (secondary N) is 1. The first-order valence-electron chi connectivity index (χ1n) is 5.57. The minimum absolute atomic E-state index is 0.220. The lowest BCUT2D eigenvalue weighted by molar-refractivity contribution is -0.129. The van der Waals surface area contributed by atoms with E-state index in [0.717, 1.165) is 13.0 Å². The molecule has 82 valence electrons. The fourth-order valence-corrected chi connectivity index (χ4v) is 1.23. The fourth-order valence-electron chi connectivity index (χ4n) is 1.23. The lowest BCUT2D eigenvalue weighted by atomic mass is 10.1. The molecule has 0 bridgehead atoms. The minimum atomic E-state index is 0.220. The highest BCUT2D eigenvalue weighted by Crippen LogP contribution is 2.18. The lowest BCUT2D eigenvalue weighted by Gasteiger charge is -2.18. The van der Waals surface area contributed by atoms with Gasteiger partial charge in [0, 0.05) is 19.6 Å². The lowest BCUT2D eigenvalue weighted by Crippen LogP contribution is -2.37. The van der Waals surface area contributed by atoms with Gasteiger partial charge < -0.3 is 10.2 Å². The van der Waals surface area contributed by atoms with Gasteiger partial charge in [-0.1, -0.05) is 13.8 Å². The Kier molecular flexibility index (Phi) is 4.39. The molecule has 1 aliphatic carbocycles. The maximum absolute atomic E-state index is 11.6. The molecule has 0 aromatic rings. The number of amides is 1. The summed E-state index contributed by atoms with van der Waals surface area (Å²) in [6.45, 7) is 5.75. The average molecular weight is 198 g/mol. The predicted octanol–water partition coefficient (Wildman–Crippen LogP) is 1.24. The van der Waals surface area contributed by atoms with Gasteiger partial charge in [0.2, 0.25) is 5.91 Å². The zero-order chi connectivity index (χ0) is 10.6. The zero-order valence-electron chi connectivity index (χ0n) is 9.55. The molecule has 3 nitrogen and oxygen atoms in total. The molecule has 0 aromatic carbocycles. The van der Waals surface area contributed by atoms with E-state index in [4.69, 9.17) is 0 Å². The highest BCUT2D eigenvalue weighted by Gasteiger charge is 2.21. The Morgan fingerprint density at radius 1 is 1.50 bits per heavy atom. The van der Waals surface area contributed by atoms with Crippen molar-refractivity contribution in [2.45, 2.75) is 39.2 Å². The molecule has 0 radical (unpaired) electrons. The molecule has 1 aliphatic rings. The highest BCUT2D eigenvalue weighted by molar-refractivity contribution is 5.78. The average Bonchev–Trinajstić information content (AvgIpc) is 2.93. The molecule has 0 aromatic heterocycles. The number of hydrogen-bond acceptors (Lipinski definition) is 2. The predicted molar refractivity (Wildman–Crippen MR) is 58.1 cm³/mol. The number of nitrogens with zero attached hydrogens (tertiary/aromatic N) is 1. The molecule has 3 heteroatoms. The zero-order valence-corrected chi connectivity index (χ0v) is 9.55. The smallest absolute Gasteiger partial charge is 0.236 e. The van der Waals surface area contributed by atoms with Crippen LogP contribution in [0, 0.1) is 5.92 Å². The summed E-state index contributed by atoms with van der Waals surface area (Å²) in [5, 5.41) is 3.23. The van der Waals surface area contributed by atoms with E-state index in [-0.39, 0.29) is 5.91 Å². The first-order chi connectivity index (χ1) is 6.59. The van der Waals surface area contributed by atoms with Crippen molar-refractivity contribution in [3.63, 3.8) is 0 Å². The molecule has 0 aliphatic heterocycles. The van der Waals surface area contributed by atoms with Crippen molar-refractivity contribution in [2.24, 2.45) is 5.92 Å². The van der Waals surface area contributed by atoms with E-state index in [1.807, 2.05) is 11.9 Å². The van der Waals surface area contributed by atoms with E-state index < -0.39 is 0 Å². The van der Waals surface area contributed by atoms with Gasteiger partial charge in [-0.3, -0.25) is 4.79 Å². The number of likely N-dealkylation sites (N-methyl/N-ethyl adjacent to an activating group) is 1. The summed E-state index contributed by atoms with van der Waals surface area (Å²) in [4.78, 5) is 13.4. The van der Waals surface area contributed by atoms with Gasteiger partial charge in [0.15, 0.2) is 0 Å². The summed E-state index contributed by atoms with van der Waals surface area (Å²) in [7, 11) is 1.89. The van der Waals surface area contributed by atoms with E-state index in [1.165, 1.54) is 12.8 Å². The molecule has 1 amide bonds. The van der Waals surface area contributed by atoms with Crippen LogP contribution < -0.4 is 5.32 Å². The summed E-state index contributed by atoms with van der Waals surface area (Å²) < 4.78 is 0. The maximum Gasteiger partial charge on any atom is 0.236 e. The summed E-state index contributed by atoms with van der Waals surface area (Å²) in [6, 6.07) is 0.623. The first kappa shape index (κ1) is 11.5. The molecule has 0 heterocycles. The van der Waals surface area contributed by atoms with Crippen molar-refractivity contribution in [1.82, 2.24) is 10.2 Å². The normalized spacial score (nSPS) is 16.0. The summed E-state index contributed by atoms with van der Waals surface area (Å²) in [5.41, 5.74) is 0. The van der Waals surface area contributed by atoms with Crippen molar-refractivity contribution in [3.05, 3.63) is 0 Å². The van der Waals surface area contributed by atoms with E-state index in [2.05, 4.69) is 19.2 Å². The maximum atomic E-state index is 11.6. The third-order valence-corrected chi connectivity index (χ3v) is 2.59. The van der Waals surface area contributed by atoms with E-state index in [9.17, 15) is 4.79 Å². The number of rotatable bonds is 6. The Hall–Kier alpha value is -0.570. The Bertz CT molecular complexity index is 188. The van der Waals surface area contributed by atoms with Crippen molar-refractivity contribution in [2.75, 3.05) is 20.1 Å². The van der Waals surface area contributed by atoms with Crippen molar-refractivity contribution >= 4 is 5.91 Å². The van der Waals surface area contributed by atoms with Gasteiger partial charge in [0.1, 0.15) is 0 Å². The quantitative estimate of drug-likeness (QED) is 0.696. The number of carbonyl (C=O) groups excluding carboxylic acids is 1. The Balaban J connectivity index is 2.07. The second kappa shape index (κ2) is 5.35. The number of hydrogen-bond donors (Lipinski definition) is 1. The van der Waals surface area contributed by atoms with Crippen LogP contribution in [0.15, 0.2) is 0 Å². The largest absolute Gasteiger partial charge is 0.345 e. The Labute approximate surface area is 86.9 Å². The summed E-state index contributed by atoms with van der Waals surface area (Å²) >= 11 is 0. The van der Waals surface area contributed by atoms with Crippen LogP contribution in [-0.4, -0.2) is 37.0 Å². The molecular formula is C11H22N2O. The van der Waals surface area contributed by atoms with E-state index >= 15 is 0 Å². The van der Waals surface area contributed by atoms with Crippen LogP contribution in [0.25, 0.3) is 0 Å². The van der Waals surface area contributed by atoms with Crippen molar-refractivity contribution < 1.29 is 4.79 Å². The first-order valence-corrected chi connectivity index (χ1v) is 5.57. The minimum Gasteiger partial charge on any atom is -0.345 e. The van der Waals surface area contributed by atoms with Gasteiger partial charge in [0.05, 0.1) is 6.54 Å². The van der Waals surface area contributed by atoms with Crippen LogP contribution in [0.5, 0.6) is 0 Å².